The van der Waals surface area contributed by atoms with Crippen LogP contribution in [0.4, 0.5) is 0 Å². The van der Waals surface area contributed by atoms with E-state index in [1.54, 1.807) is 12.4 Å². The van der Waals surface area contributed by atoms with Crippen molar-refractivity contribution >= 4 is 0 Å². The van der Waals surface area contributed by atoms with Crippen molar-refractivity contribution in [2.75, 3.05) is 54.5 Å². The van der Waals surface area contributed by atoms with E-state index in [0.717, 1.165) is 36.0 Å². The molecule has 0 aliphatic rings. The molecule has 0 amide bonds. The Labute approximate surface area is 144 Å². The maximum absolute atomic E-state index is 5.75. The lowest BCUT2D eigenvalue weighted by Crippen LogP contribution is -2.19. The van der Waals surface area contributed by atoms with Gasteiger partial charge in [0.15, 0.2) is 0 Å². The van der Waals surface area contributed by atoms with Crippen molar-refractivity contribution in [3.63, 3.8) is 0 Å². The van der Waals surface area contributed by atoms with Gasteiger partial charge in [0, 0.05) is 37.6 Å². The van der Waals surface area contributed by atoms with Crippen LogP contribution >= 0.6 is 0 Å². The van der Waals surface area contributed by atoms with E-state index in [2.05, 4.69) is 19.8 Å². The Balaban J connectivity index is 2.02. The van der Waals surface area contributed by atoms with Crippen LogP contribution < -0.4 is 9.47 Å². The minimum absolute atomic E-state index is 0.636. The summed E-state index contributed by atoms with van der Waals surface area (Å²) in [5, 5.41) is 0. The summed E-state index contributed by atoms with van der Waals surface area (Å²) >= 11 is 0. The van der Waals surface area contributed by atoms with E-state index in [-0.39, 0.29) is 0 Å². The third-order valence-corrected chi connectivity index (χ3v) is 3.34. The van der Waals surface area contributed by atoms with Gasteiger partial charge in [-0.2, -0.15) is 0 Å². The molecule has 2 heterocycles. The molecule has 0 saturated carbocycles. The number of ether oxygens (including phenoxy) is 2. The molecule has 2 aromatic rings. The molecule has 2 rings (SSSR count). The smallest absolute Gasteiger partial charge is 0.123 e. The lowest BCUT2D eigenvalue weighted by Gasteiger charge is -2.12. The lowest BCUT2D eigenvalue weighted by molar-refractivity contribution is 0.261. The summed E-state index contributed by atoms with van der Waals surface area (Å²) in [4.78, 5) is 12.9. The molecule has 0 saturated heterocycles. The fourth-order valence-corrected chi connectivity index (χ4v) is 1.97. The highest BCUT2D eigenvalue weighted by atomic mass is 16.5. The molecule has 2 aromatic heterocycles. The monoisotopic (exact) mass is 330 g/mol. The molecule has 6 heteroatoms. The first-order valence-corrected chi connectivity index (χ1v) is 8.02. The van der Waals surface area contributed by atoms with E-state index in [9.17, 15) is 0 Å². The zero-order chi connectivity index (χ0) is 17.4. The highest BCUT2D eigenvalue weighted by Crippen LogP contribution is 2.23. The summed E-state index contributed by atoms with van der Waals surface area (Å²) in [7, 11) is 8.08. The molecule has 0 aromatic carbocycles. The van der Waals surface area contributed by atoms with E-state index in [1.807, 2.05) is 52.5 Å². The van der Waals surface area contributed by atoms with Gasteiger partial charge >= 0.3 is 0 Å². The van der Waals surface area contributed by atoms with Crippen molar-refractivity contribution in [1.29, 1.82) is 0 Å². The van der Waals surface area contributed by atoms with Gasteiger partial charge < -0.3 is 19.3 Å². The van der Waals surface area contributed by atoms with Gasteiger partial charge in [-0.15, -0.1) is 0 Å². The number of likely N-dealkylation sites (N-methyl/N-ethyl adjacent to an activating group) is 2. The molecule has 130 valence electrons. The van der Waals surface area contributed by atoms with Gasteiger partial charge in [0.1, 0.15) is 24.7 Å². The Hall–Kier alpha value is -2.18. The standard InChI is InChI=1S/C18H26N4O2/c1-21(2)9-11-23-15-5-7-19-17(13-15)18-14-16(6-8-20-18)24-12-10-22(3)4/h5-8,13-14H,9-12H2,1-4H3. The molecule has 0 bridgehead atoms. The van der Waals surface area contributed by atoms with E-state index < -0.39 is 0 Å². The summed E-state index contributed by atoms with van der Waals surface area (Å²) in [5.74, 6) is 1.59. The topological polar surface area (TPSA) is 50.7 Å². The summed E-state index contributed by atoms with van der Waals surface area (Å²) in [5.41, 5.74) is 1.55. The molecule has 6 nitrogen and oxygen atoms in total. The normalized spacial score (nSPS) is 11.1. The SMILES string of the molecule is CN(C)CCOc1ccnc(-c2cc(OCCN(C)C)ccn2)c1. The van der Waals surface area contributed by atoms with Crippen molar-refractivity contribution in [2.24, 2.45) is 0 Å². The molecular formula is C18H26N4O2. The van der Waals surface area contributed by atoms with Crippen LogP contribution in [-0.4, -0.2) is 74.3 Å². The van der Waals surface area contributed by atoms with Crippen LogP contribution in [0.3, 0.4) is 0 Å². The van der Waals surface area contributed by atoms with Crippen molar-refractivity contribution < 1.29 is 9.47 Å². The van der Waals surface area contributed by atoms with Gasteiger partial charge in [-0.25, -0.2) is 0 Å². The van der Waals surface area contributed by atoms with E-state index in [1.165, 1.54) is 0 Å². The van der Waals surface area contributed by atoms with Crippen LogP contribution in [0.25, 0.3) is 11.4 Å². The first-order valence-electron chi connectivity index (χ1n) is 8.02. The van der Waals surface area contributed by atoms with Crippen LogP contribution in [0.5, 0.6) is 11.5 Å². The molecule has 0 radical (unpaired) electrons. The average Bonchev–Trinajstić information content (AvgIpc) is 2.55. The summed E-state index contributed by atoms with van der Waals surface area (Å²) in [6, 6.07) is 7.52. The summed E-state index contributed by atoms with van der Waals surface area (Å²) in [6.07, 6.45) is 3.48. The average molecular weight is 330 g/mol. The summed E-state index contributed by atoms with van der Waals surface area (Å²) < 4.78 is 11.5. The molecule has 0 aliphatic carbocycles. The van der Waals surface area contributed by atoms with Crippen molar-refractivity contribution in [1.82, 2.24) is 19.8 Å². The van der Waals surface area contributed by atoms with Crippen LogP contribution in [0, 0.1) is 0 Å². The van der Waals surface area contributed by atoms with Gasteiger partial charge in [-0.1, -0.05) is 0 Å². The molecule has 0 aliphatic heterocycles. The fourth-order valence-electron chi connectivity index (χ4n) is 1.97. The number of nitrogens with zero attached hydrogens (tertiary/aromatic N) is 4. The second-order valence-electron chi connectivity index (χ2n) is 6.06. The van der Waals surface area contributed by atoms with Crippen LogP contribution in [-0.2, 0) is 0 Å². The zero-order valence-corrected chi connectivity index (χ0v) is 14.9. The first kappa shape index (κ1) is 18.2. The molecule has 24 heavy (non-hydrogen) atoms. The second kappa shape index (κ2) is 9.20. The van der Waals surface area contributed by atoms with E-state index in [4.69, 9.17) is 9.47 Å². The van der Waals surface area contributed by atoms with Crippen molar-refractivity contribution in [3.8, 4) is 22.9 Å². The number of aromatic nitrogens is 2. The van der Waals surface area contributed by atoms with Gasteiger partial charge in [-0.3, -0.25) is 9.97 Å². The second-order valence-corrected chi connectivity index (χ2v) is 6.06. The minimum atomic E-state index is 0.636. The Kier molecular flexibility index (Phi) is 6.96. The summed E-state index contributed by atoms with van der Waals surface area (Å²) in [6.45, 7) is 3.01. The Morgan fingerprint density at radius 1 is 0.750 bits per heavy atom. The molecule has 0 unspecified atom stereocenters. The molecular weight excluding hydrogens is 304 g/mol. The Bertz CT molecular complexity index is 576. The molecule has 0 N–H and O–H groups in total. The van der Waals surface area contributed by atoms with Gasteiger partial charge in [0.25, 0.3) is 0 Å². The molecule has 0 spiro atoms. The van der Waals surface area contributed by atoms with Crippen molar-refractivity contribution in [3.05, 3.63) is 36.7 Å². The van der Waals surface area contributed by atoms with Gasteiger partial charge in [0.05, 0.1) is 11.4 Å². The third-order valence-electron chi connectivity index (χ3n) is 3.34. The maximum atomic E-state index is 5.75. The lowest BCUT2D eigenvalue weighted by atomic mass is 10.2. The predicted octanol–water partition coefficient (Wildman–Crippen LogP) is 2.02. The maximum Gasteiger partial charge on any atom is 0.123 e. The number of hydrogen-bond donors (Lipinski definition) is 0. The van der Waals surface area contributed by atoms with E-state index >= 15 is 0 Å². The van der Waals surface area contributed by atoms with Crippen molar-refractivity contribution in [2.45, 2.75) is 0 Å². The van der Waals surface area contributed by atoms with Crippen LogP contribution in [0.1, 0.15) is 0 Å². The number of rotatable bonds is 9. The Morgan fingerprint density at radius 3 is 1.54 bits per heavy atom. The predicted molar refractivity (Wildman–Crippen MR) is 95.6 cm³/mol. The highest BCUT2D eigenvalue weighted by Gasteiger charge is 2.05. The molecule has 0 atom stereocenters. The zero-order valence-electron chi connectivity index (χ0n) is 14.9. The van der Waals surface area contributed by atoms with Gasteiger partial charge in [-0.05, 0) is 40.3 Å². The largest absolute Gasteiger partial charge is 0.492 e. The highest BCUT2D eigenvalue weighted by molar-refractivity contribution is 5.57. The fraction of sp³-hybridized carbons (Fsp3) is 0.444. The van der Waals surface area contributed by atoms with Crippen LogP contribution in [0.2, 0.25) is 0 Å². The number of hydrogen-bond acceptors (Lipinski definition) is 6. The Morgan fingerprint density at radius 2 is 1.17 bits per heavy atom. The van der Waals surface area contributed by atoms with Crippen LogP contribution in [0.15, 0.2) is 36.7 Å². The van der Waals surface area contributed by atoms with Gasteiger partial charge in [0.2, 0.25) is 0 Å². The van der Waals surface area contributed by atoms with E-state index in [0.29, 0.717) is 13.2 Å². The quantitative estimate of drug-likeness (QED) is 0.701. The number of pyridine rings is 2. The minimum Gasteiger partial charge on any atom is -0.492 e. The first-order chi connectivity index (χ1) is 11.5. The molecule has 0 fully saturated rings. The third kappa shape index (κ3) is 6.14.